The van der Waals surface area contributed by atoms with Gasteiger partial charge in [-0.25, -0.2) is 8.78 Å². The van der Waals surface area contributed by atoms with Gasteiger partial charge < -0.3 is 18.7 Å². The summed E-state index contributed by atoms with van der Waals surface area (Å²) < 4.78 is 48.1. The molecule has 28 heavy (non-hydrogen) atoms. The number of rotatable bonds is 6. The van der Waals surface area contributed by atoms with Gasteiger partial charge in [0.15, 0.2) is 11.6 Å². The zero-order chi connectivity index (χ0) is 19.5. The first kappa shape index (κ1) is 18.5. The highest BCUT2D eigenvalue weighted by Gasteiger charge is 2.31. The summed E-state index contributed by atoms with van der Waals surface area (Å²) in [5.74, 6) is -0.190. The minimum atomic E-state index is -0.964. The van der Waals surface area contributed by atoms with Gasteiger partial charge in [0.25, 0.3) is 5.89 Å². The van der Waals surface area contributed by atoms with Crippen molar-refractivity contribution in [1.29, 1.82) is 0 Å². The minimum absolute atomic E-state index is 0.185. The molecule has 1 aliphatic heterocycles. The Bertz CT molecular complexity index is 940. The molecule has 6 nitrogen and oxygen atoms in total. The van der Waals surface area contributed by atoms with Crippen LogP contribution in [0.25, 0.3) is 11.4 Å². The van der Waals surface area contributed by atoms with Crippen molar-refractivity contribution >= 4 is 0 Å². The number of benzene rings is 2. The number of hydrogen-bond acceptors (Lipinski definition) is 6. The van der Waals surface area contributed by atoms with Crippen LogP contribution in [0.2, 0.25) is 0 Å². The Morgan fingerprint density at radius 3 is 2.54 bits per heavy atom. The molecule has 0 amide bonds. The lowest BCUT2D eigenvalue weighted by Gasteiger charge is -2.16. The molecule has 0 bridgehead atoms. The van der Waals surface area contributed by atoms with Crippen molar-refractivity contribution in [3.05, 3.63) is 60.0 Å². The fourth-order valence-corrected chi connectivity index (χ4v) is 3.10. The number of aromatic nitrogens is 2. The highest BCUT2D eigenvalue weighted by atomic mass is 19.2. The number of hydrogen-bond donors (Lipinski definition) is 0. The van der Waals surface area contributed by atoms with E-state index in [1.807, 2.05) is 0 Å². The van der Waals surface area contributed by atoms with Crippen LogP contribution in [-0.4, -0.2) is 30.5 Å². The lowest BCUT2D eigenvalue weighted by Crippen LogP contribution is -2.15. The molecule has 1 aliphatic rings. The van der Waals surface area contributed by atoms with Crippen LogP contribution in [-0.2, 0) is 9.47 Å². The molecule has 0 spiro atoms. The Labute approximate surface area is 160 Å². The fourth-order valence-electron chi connectivity index (χ4n) is 3.10. The van der Waals surface area contributed by atoms with Gasteiger partial charge in [-0.05, 0) is 42.8 Å². The van der Waals surface area contributed by atoms with Crippen molar-refractivity contribution in [2.24, 2.45) is 5.92 Å². The largest absolute Gasteiger partial charge is 0.457 e. The molecule has 1 saturated heterocycles. The monoisotopic (exact) mass is 388 g/mol. The summed E-state index contributed by atoms with van der Waals surface area (Å²) in [6.07, 6.45) is 0.575. The predicted molar refractivity (Wildman–Crippen MR) is 94.8 cm³/mol. The smallest absolute Gasteiger partial charge is 0.256 e. The lowest BCUT2D eigenvalue weighted by molar-refractivity contribution is 0.0210. The van der Waals surface area contributed by atoms with Gasteiger partial charge in [-0.2, -0.15) is 4.98 Å². The second kappa shape index (κ2) is 8.04. The number of nitrogens with zero attached hydrogens (tertiary/aromatic N) is 2. The van der Waals surface area contributed by atoms with E-state index >= 15 is 0 Å². The van der Waals surface area contributed by atoms with Crippen LogP contribution in [0.3, 0.4) is 0 Å². The van der Waals surface area contributed by atoms with E-state index in [-0.39, 0.29) is 17.8 Å². The molecule has 0 aliphatic carbocycles. The molecule has 2 atom stereocenters. The minimum Gasteiger partial charge on any atom is -0.457 e. The summed E-state index contributed by atoms with van der Waals surface area (Å²) in [6.45, 7) is 1.30. The molecule has 3 aromatic rings. The summed E-state index contributed by atoms with van der Waals surface area (Å²) in [5.41, 5.74) is 0.727. The van der Waals surface area contributed by atoms with E-state index in [0.29, 0.717) is 30.7 Å². The van der Waals surface area contributed by atoms with Gasteiger partial charge in [0.2, 0.25) is 5.82 Å². The van der Waals surface area contributed by atoms with Gasteiger partial charge >= 0.3 is 0 Å². The summed E-state index contributed by atoms with van der Waals surface area (Å²) >= 11 is 0. The van der Waals surface area contributed by atoms with E-state index in [4.69, 9.17) is 18.7 Å². The SMILES string of the molecule is COC(c1nc(-c2ccc(Oc3ccc(F)c(F)c3)cc2)no1)C1CCOC1. The second-order valence-electron chi connectivity index (χ2n) is 6.44. The highest BCUT2D eigenvalue weighted by Crippen LogP contribution is 2.32. The topological polar surface area (TPSA) is 66.6 Å². The standard InChI is InChI=1S/C20H18F2N2O4/c1-25-18(13-8-9-26-11-13)20-23-19(24-28-20)12-2-4-14(5-3-12)27-15-6-7-16(21)17(22)10-15/h2-7,10,13,18H,8-9,11H2,1H3. The van der Waals surface area contributed by atoms with Gasteiger partial charge in [0.1, 0.15) is 17.6 Å². The molecule has 0 saturated carbocycles. The quantitative estimate of drug-likeness (QED) is 0.618. The molecule has 4 rings (SSSR count). The van der Waals surface area contributed by atoms with E-state index in [0.717, 1.165) is 24.1 Å². The van der Waals surface area contributed by atoms with Crippen LogP contribution in [0.1, 0.15) is 18.4 Å². The zero-order valence-corrected chi connectivity index (χ0v) is 15.1. The molecule has 0 radical (unpaired) electrons. The fraction of sp³-hybridized carbons (Fsp3) is 0.300. The number of halogens is 2. The number of ether oxygens (including phenoxy) is 3. The van der Waals surface area contributed by atoms with Gasteiger partial charge in [-0.1, -0.05) is 5.16 Å². The van der Waals surface area contributed by atoms with E-state index < -0.39 is 11.6 Å². The summed E-state index contributed by atoms with van der Waals surface area (Å²) in [5, 5.41) is 4.02. The Balaban J connectivity index is 1.48. The van der Waals surface area contributed by atoms with Crippen molar-refractivity contribution < 1.29 is 27.5 Å². The average Bonchev–Trinajstić information content (AvgIpc) is 3.39. The first-order valence-electron chi connectivity index (χ1n) is 8.81. The first-order chi connectivity index (χ1) is 13.6. The van der Waals surface area contributed by atoms with Gasteiger partial charge in [-0.3, -0.25) is 0 Å². The molecule has 1 aromatic heterocycles. The maximum Gasteiger partial charge on any atom is 0.256 e. The zero-order valence-electron chi connectivity index (χ0n) is 15.1. The van der Waals surface area contributed by atoms with Gasteiger partial charge in [0, 0.05) is 31.3 Å². The van der Waals surface area contributed by atoms with Crippen molar-refractivity contribution in [2.45, 2.75) is 12.5 Å². The molecule has 1 fully saturated rings. The van der Waals surface area contributed by atoms with E-state index in [1.54, 1.807) is 31.4 Å². The molecule has 2 aromatic carbocycles. The molecule has 0 N–H and O–H groups in total. The molecule has 2 heterocycles. The van der Waals surface area contributed by atoms with E-state index in [2.05, 4.69) is 10.1 Å². The summed E-state index contributed by atoms with van der Waals surface area (Å²) in [7, 11) is 1.61. The highest BCUT2D eigenvalue weighted by molar-refractivity contribution is 5.55. The first-order valence-corrected chi connectivity index (χ1v) is 8.81. The third kappa shape index (κ3) is 3.88. The molecule has 8 heteroatoms. The lowest BCUT2D eigenvalue weighted by atomic mass is 10.0. The van der Waals surface area contributed by atoms with Crippen LogP contribution in [0.15, 0.2) is 47.0 Å². The summed E-state index contributed by atoms with van der Waals surface area (Å²) in [6, 6.07) is 10.2. The Hall–Kier alpha value is -2.84. The second-order valence-corrected chi connectivity index (χ2v) is 6.44. The van der Waals surface area contributed by atoms with Gasteiger partial charge in [0.05, 0.1) is 6.61 Å². The Morgan fingerprint density at radius 2 is 1.86 bits per heavy atom. The third-order valence-corrected chi connectivity index (χ3v) is 4.57. The molecular formula is C20H18F2N2O4. The molecule has 2 unspecified atom stereocenters. The molecule has 146 valence electrons. The normalized spacial score (nSPS) is 17.6. The van der Waals surface area contributed by atoms with E-state index in [1.165, 1.54) is 6.07 Å². The maximum atomic E-state index is 13.3. The van der Waals surface area contributed by atoms with Gasteiger partial charge in [-0.15, -0.1) is 0 Å². The van der Waals surface area contributed by atoms with Crippen LogP contribution in [0.5, 0.6) is 11.5 Å². The van der Waals surface area contributed by atoms with Crippen LogP contribution < -0.4 is 4.74 Å². The summed E-state index contributed by atoms with van der Waals surface area (Å²) in [4.78, 5) is 4.44. The third-order valence-electron chi connectivity index (χ3n) is 4.57. The Morgan fingerprint density at radius 1 is 1.07 bits per heavy atom. The molecular weight excluding hydrogens is 370 g/mol. The van der Waals surface area contributed by atoms with Crippen molar-refractivity contribution in [3.63, 3.8) is 0 Å². The Kier molecular flexibility index (Phi) is 5.31. The van der Waals surface area contributed by atoms with Crippen LogP contribution >= 0.6 is 0 Å². The van der Waals surface area contributed by atoms with Crippen molar-refractivity contribution in [2.75, 3.05) is 20.3 Å². The van der Waals surface area contributed by atoms with Crippen molar-refractivity contribution in [1.82, 2.24) is 10.1 Å². The van der Waals surface area contributed by atoms with Crippen molar-refractivity contribution in [3.8, 4) is 22.9 Å². The number of methoxy groups -OCH3 is 1. The average molecular weight is 388 g/mol. The van der Waals surface area contributed by atoms with E-state index in [9.17, 15) is 8.78 Å². The van der Waals surface area contributed by atoms with Crippen LogP contribution in [0.4, 0.5) is 8.78 Å². The van der Waals surface area contributed by atoms with Crippen LogP contribution in [0, 0.1) is 17.6 Å². The predicted octanol–water partition coefficient (Wildman–Crippen LogP) is 4.53. The maximum absolute atomic E-state index is 13.3.